The van der Waals surface area contributed by atoms with Crippen molar-refractivity contribution in [2.75, 3.05) is 12.8 Å². The highest BCUT2D eigenvalue weighted by atomic mass is 16.5. The van der Waals surface area contributed by atoms with Crippen LogP contribution in [0.15, 0.2) is 24.3 Å². The van der Waals surface area contributed by atoms with Gasteiger partial charge in [-0.3, -0.25) is 9.48 Å². The van der Waals surface area contributed by atoms with Crippen LogP contribution in [0.2, 0.25) is 0 Å². The molecule has 6 heteroatoms. The van der Waals surface area contributed by atoms with Crippen molar-refractivity contribution in [2.45, 2.75) is 38.1 Å². The van der Waals surface area contributed by atoms with E-state index in [9.17, 15) is 4.79 Å². The van der Waals surface area contributed by atoms with E-state index in [0.29, 0.717) is 17.2 Å². The molecule has 0 unspecified atom stereocenters. The Morgan fingerprint density at radius 2 is 2.04 bits per heavy atom. The molecule has 2 N–H and O–H groups in total. The number of esters is 1. The lowest BCUT2D eigenvalue weighted by atomic mass is 10.1. The molecule has 3 rings (SSSR count). The van der Waals surface area contributed by atoms with Gasteiger partial charge in [0.2, 0.25) is 0 Å². The van der Waals surface area contributed by atoms with Crippen LogP contribution in [0.3, 0.4) is 0 Å². The van der Waals surface area contributed by atoms with E-state index >= 15 is 0 Å². The van der Waals surface area contributed by atoms with Gasteiger partial charge in [-0.2, -0.15) is 5.10 Å². The van der Waals surface area contributed by atoms with Gasteiger partial charge in [0.1, 0.15) is 11.5 Å². The first-order valence-electron chi connectivity index (χ1n) is 8.05. The summed E-state index contributed by atoms with van der Waals surface area (Å²) < 4.78 is 6.49. The van der Waals surface area contributed by atoms with Crippen molar-refractivity contribution in [1.82, 2.24) is 9.78 Å². The molecule has 0 radical (unpaired) electrons. The highest BCUT2D eigenvalue weighted by Crippen LogP contribution is 2.40. The average molecular weight is 324 g/mol. The summed E-state index contributed by atoms with van der Waals surface area (Å²) in [4.78, 5) is 14.9. The lowest BCUT2D eigenvalue weighted by molar-refractivity contribution is -0.139. The smallest absolute Gasteiger partial charge is 0.309 e. The van der Waals surface area contributed by atoms with Gasteiger partial charge in [0.05, 0.1) is 26.1 Å². The van der Waals surface area contributed by atoms with Crippen LogP contribution in [0.1, 0.15) is 37.3 Å². The summed E-state index contributed by atoms with van der Waals surface area (Å²) in [5.74, 6) is 0.171. The first kappa shape index (κ1) is 16.1. The number of nitrogens with two attached hydrogens (primary N) is 1. The molecule has 0 saturated heterocycles. The minimum absolute atomic E-state index is 0.227. The molecule has 0 spiro atoms. The van der Waals surface area contributed by atoms with Gasteiger partial charge in [0.15, 0.2) is 0 Å². The molecule has 6 nitrogen and oxygen atoms in total. The third-order valence-electron chi connectivity index (χ3n) is 4.51. The zero-order valence-electron chi connectivity index (χ0n) is 13.7. The number of hydrogen-bond acceptors (Lipinski definition) is 4. The maximum absolute atomic E-state index is 11.3. The van der Waals surface area contributed by atoms with Crippen LogP contribution in [-0.2, 0) is 16.0 Å². The normalized spacial score (nSPS) is 14.5. The molecule has 0 atom stereocenters. The fourth-order valence-electron chi connectivity index (χ4n) is 3.19. The Kier molecular flexibility index (Phi) is 4.52. The summed E-state index contributed by atoms with van der Waals surface area (Å²) in [5.41, 5.74) is 8.88. The predicted molar refractivity (Wildman–Crippen MR) is 91.6 cm³/mol. The van der Waals surface area contributed by atoms with E-state index in [0.717, 1.165) is 24.0 Å². The minimum atomic E-state index is -0.278. The molecule has 124 valence electrons. The maximum Gasteiger partial charge on any atom is 0.309 e. The minimum Gasteiger partial charge on any atom is -0.469 e. The molecule has 1 aliphatic rings. The van der Waals surface area contributed by atoms with Crippen molar-refractivity contribution in [3.63, 3.8) is 0 Å². The van der Waals surface area contributed by atoms with Gasteiger partial charge in [0.25, 0.3) is 5.69 Å². The number of nitrogens with zero attached hydrogens (tertiary/aromatic N) is 3. The van der Waals surface area contributed by atoms with Crippen LogP contribution in [0.5, 0.6) is 0 Å². The van der Waals surface area contributed by atoms with Crippen molar-refractivity contribution in [2.24, 2.45) is 0 Å². The number of carbonyl (C=O) groups is 1. The Morgan fingerprint density at radius 1 is 1.38 bits per heavy atom. The van der Waals surface area contributed by atoms with Crippen molar-refractivity contribution >= 4 is 17.5 Å². The summed E-state index contributed by atoms with van der Waals surface area (Å²) in [6.07, 6.45) is 4.69. The number of hydrogen-bond donors (Lipinski definition) is 1. The standard InChI is InChI=1S/C18H20N4O2/c1-20-17-16(21-22(18(17)19)14-5-3-4-6-14)13-9-7-12(8-10-13)11-15(23)24-2/h7-10,14H,3-6,11,19H2,2H3. The Hall–Kier alpha value is -2.81. The van der Waals surface area contributed by atoms with E-state index in [1.54, 1.807) is 0 Å². The van der Waals surface area contributed by atoms with Crippen LogP contribution >= 0.6 is 0 Å². The second-order valence-electron chi connectivity index (χ2n) is 6.03. The molecule has 24 heavy (non-hydrogen) atoms. The maximum atomic E-state index is 11.3. The van der Waals surface area contributed by atoms with Crippen LogP contribution in [0, 0.1) is 6.57 Å². The molecular weight excluding hydrogens is 304 g/mol. The molecule has 1 fully saturated rings. The number of methoxy groups -OCH3 is 1. The second-order valence-corrected chi connectivity index (χ2v) is 6.03. The Bertz CT molecular complexity index is 781. The van der Waals surface area contributed by atoms with Crippen molar-refractivity contribution in [1.29, 1.82) is 0 Å². The molecule has 0 aliphatic heterocycles. The third kappa shape index (κ3) is 2.98. The molecule has 1 saturated carbocycles. The monoisotopic (exact) mass is 324 g/mol. The number of rotatable bonds is 4. The highest BCUT2D eigenvalue weighted by molar-refractivity contribution is 5.83. The lowest BCUT2D eigenvalue weighted by Gasteiger charge is -2.11. The summed E-state index contributed by atoms with van der Waals surface area (Å²) in [7, 11) is 1.37. The van der Waals surface area contributed by atoms with Gasteiger partial charge in [-0.25, -0.2) is 4.85 Å². The van der Waals surface area contributed by atoms with Gasteiger partial charge in [-0.05, 0) is 24.0 Å². The Balaban J connectivity index is 1.92. The van der Waals surface area contributed by atoms with Gasteiger partial charge in [-0.15, -0.1) is 0 Å². The Labute approximate surface area is 141 Å². The Morgan fingerprint density at radius 3 is 2.62 bits per heavy atom. The quantitative estimate of drug-likeness (QED) is 0.690. The molecule has 1 aromatic carbocycles. The van der Waals surface area contributed by atoms with E-state index < -0.39 is 0 Å². The van der Waals surface area contributed by atoms with E-state index in [2.05, 4.69) is 14.7 Å². The van der Waals surface area contributed by atoms with Crippen LogP contribution < -0.4 is 5.73 Å². The predicted octanol–water partition coefficient (Wildman–Crippen LogP) is 3.51. The van der Waals surface area contributed by atoms with Crippen molar-refractivity contribution in [3.8, 4) is 11.3 Å². The SMILES string of the molecule is [C-]#[N+]c1c(-c2ccc(CC(=O)OC)cc2)nn(C2CCCC2)c1N. The first-order valence-corrected chi connectivity index (χ1v) is 8.05. The molecule has 1 aliphatic carbocycles. The third-order valence-corrected chi connectivity index (χ3v) is 4.51. The summed E-state index contributed by atoms with van der Waals surface area (Å²) in [6.45, 7) is 7.45. The fraction of sp³-hybridized carbons (Fsp3) is 0.389. The molecule has 0 bridgehead atoms. The van der Waals surface area contributed by atoms with E-state index in [1.165, 1.54) is 20.0 Å². The zero-order chi connectivity index (χ0) is 17.1. The molecule has 1 aromatic heterocycles. The van der Waals surface area contributed by atoms with Crippen LogP contribution in [0.4, 0.5) is 11.5 Å². The average Bonchev–Trinajstić information content (AvgIpc) is 3.23. The largest absolute Gasteiger partial charge is 0.469 e. The number of carbonyl (C=O) groups excluding carboxylic acids is 1. The summed E-state index contributed by atoms with van der Waals surface area (Å²) >= 11 is 0. The second kappa shape index (κ2) is 6.75. The van der Waals surface area contributed by atoms with E-state index in [4.69, 9.17) is 12.3 Å². The van der Waals surface area contributed by atoms with E-state index in [-0.39, 0.29) is 18.4 Å². The molecule has 0 amide bonds. The topological polar surface area (TPSA) is 74.5 Å². The lowest BCUT2D eigenvalue weighted by Crippen LogP contribution is -2.09. The summed E-state index contributed by atoms with van der Waals surface area (Å²) in [5, 5.41) is 4.63. The van der Waals surface area contributed by atoms with Gasteiger partial charge < -0.3 is 10.5 Å². The zero-order valence-corrected chi connectivity index (χ0v) is 13.7. The van der Waals surface area contributed by atoms with Crippen LogP contribution in [0.25, 0.3) is 16.1 Å². The highest BCUT2D eigenvalue weighted by Gasteiger charge is 2.24. The first-order chi connectivity index (χ1) is 11.6. The van der Waals surface area contributed by atoms with Gasteiger partial charge in [-0.1, -0.05) is 37.1 Å². The van der Waals surface area contributed by atoms with Gasteiger partial charge in [0, 0.05) is 0 Å². The fourth-order valence-corrected chi connectivity index (χ4v) is 3.19. The van der Waals surface area contributed by atoms with Gasteiger partial charge >= 0.3 is 5.97 Å². The molecule has 1 heterocycles. The van der Waals surface area contributed by atoms with Crippen molar-refractivity contribution in [3.05, 3.63) is 41.2 Å². The number of ether oxygens (including phenoxy) is 1. The number of benzene rings is 1. The number of anilines is 1. The van der Waals surface area contributed by atoms with Crippen molar-refractivity contribution < 1.29 is 9.53 Å². The molecule has 2 aromatic rings. The number of aromatic nitrogens is 2. The number of nitrogen functional groups attached to an aromatic ring is 1. The van der Waals surface area contributed by atoms with Crippen LogP contribution in [-0.4, -0.2) is 22.9 Å². The summed E-state index contributed by atoms with van der Waals surface area (Å²) in [6, 6.07) is 7.73. The molecular formula is C18H20N4O2. The van der Waals surface area contributed by atoms with E-state index in [1.807, 2.05) is 28.9 Å².